The van der Waals surface area contributed by atoms with Crippen LogP contribution >= 0.6 is 0 Å². The molecule has 2 rings (SSSR count). The average molecular weight is 260 g/mol. The first kappa shape index (κ1) is 13.5. The minimum atomic E-state index is -0.392. The van der Waals surface area contributed by atoms with Gasteiger partial charge in [0.1, 0.15) is 6.04 Å². The van der Waals surface area contributed by atoms with Crippen molar-refractivity contribution >= 4 is 5.97 Å². The molecule has 1 aliphatic rings. The van der Waals surface area contributed by atoms with Gasteiger partial charge in [-0.25, -0.2) is 4.79 Å². The number of nitriles is 1. The van der Waals surface area contributed by atoms with Crippen molar-refractivity contribution in [3.63, 3.8) is 0 Å². The van der Waals surface area contributed by atoms with Crippen LogP contribution in [0.15, 0.2) is 18.3 Å². The van der Waals surface area contributed by atoms with E-state index in [1.54, 1.807) is 12.1 Å². The third-order valence-corrected chi connectivity index (χ3v) is 3.11. The smallest absolute Gasteiger partial charge is 0.339 e. The molecule has 6 heteroatoms. The first-order valence-corrected chi connectivity index (χ1v) is 6.12. The molecule has 0 spiro atoms. The summed E-state index contributed by atoms with van der Waals surface area (Å²) in [6.07, 6.45) is 1.50. The van der Waals surface area contributed by atoms with Gasteiger partial charge in [0.25, 0.3) is 0 Å². The maximum Gasteiger partial charge on any atom is 0.339 e. The molecule has 1 aromatic heterocycles. The third-order valence-electron chi connectivity index (χ3n) is 3.11. The fraction of sp³-hybridized carbons (Fsp3) is 0.462. The molecule has 0 aromatic carbocycles. The highest BCUT2D eigenvalue weighted by Crippen LogP contribution is 2.09. The number of methoxy groups -OCH3 is 1. The fourth-order valence-electron chi connectivity index (χ4n) is 2.03. The number of hydrogen-bond acceptors (Lipinski definition) is 6. The predicted octanol–water partition coefficient (Wildman–Crippen LogP) is 0.166. The van der Waals surface area contributed by atoms with Crippen LogP contribution < -0.4 is 5.32 Å². The van der Waals surface area contributed by atoms with Crippen molar-refractivity contribution < 1.29 is 9.53 Å². The van der Waals surface area contributed by atoms with Gasteiger partial charge in [-0.3, -0.25) is 9.88 Å². The van der Waals surface area contributed by atoms with Crippen LogP contribution in [-0.2, 0) is 11.3 Å². The lowest BCUT2D eigenvalue weighted by molar-refractivity contribution is 0.0600. The molecule has 1 aliphatic heterocycles. The second-order valence-electron chi connectivity index (χ2n) is 4.35. The van der Waals surface area contributed by atoms with Gasteiger partial charge in [0.15, 0.2) is 0 Å². The Hall–Kier alpha value is -1.97. The van der Waals surface area contributed by atoms with Crippen molar-refractivity contribution in [2.24, 2.45) is 0 Å². The molecule has 2 heterocycles. The second kappa shape index (κ2) is 6.27. The summed E-state index contributed by atoms with van der Waals surface area (Å²) in [6.45, 7) is 2.98. The summed E-state index contributed by atoms with van der Waals surface area (Å²) in [4.78, 5) is 17.6. The van der Waals surface area contributed by atoms with Crippen LogP contribution in [-0.4, -0.2) is 48.6 Å². The van der Waals surface area contributed by atoms with E-state index < -0.39 is 5.97 Å². The molecule has 1 aromatic rings. The van der Waals surface area contributed by atoms with Crippen LogP contribution in [0.1, 0.15) is 16.1 Å². The van der Waals surface area contributed by atoms with Gasteiger partial charge in [0, 0.05) is 32.4 Å². The van der Waals surface area contributed by atoms with E-state index in [0.717, 1.165) is 18.8 Å². The normalized spacial score (nSPS) is 19.7. The largest absolute Gasteiger partial charge is 0.465 e. The molecular formula is C13H16N4O2. The Balaban J connectivity index is 2.03. The van der Waals surface area contributed by atoms with Gasteiger partial charge in [-0.2, -0.15) is 5.26 Å². The van der Waals surface area contributed by atoms with Gasteiger partial charge in [-0.05, 0) is 12.1 Å². The van der Waals surface area contributed by atoms with E-state index in [1.807, 2.05) is 0 Å². The molecule has 0 radical (unpaired) electrons. The zero-order valence-corrected chi connectivity index (χ0v) is 10.8. The van der Waals surface area contributed by atoms with Gasteiger partial charge >= 0.3 is 5.97 Å². The van der Waals surface area contributed by atoms with Crippen LogP contribution in [0.4, 0.5) is 0 Å². The Labute approximate surface area is 112 Å². The summed E-state index contributed by atoms with van der Waals surface area (Å²) in [5, 5.41) is 12.3. The maximum absolute atomic E-state index is 11.3. The van der Waals surface area contributed by atoms with Crippen molar-refractivity contribution in [2.45, 2.75) is 12.6 Å². The number of nitrogens with one attached hydrogen (secondary N) is 1. The van der Waals surface area contributed by atoms with Crippen LogP contribution in [0.5, 0.6) is 0 Å². The molecule has 1 unspecified atom stereocenters. The molecule has 1 atom stereocenters. The van der Waals surface area contributed by atoms with Crippen molar-refractivity contribution in [3.8, 4) is 6.07 Å². The number of pyridine rings is 1. The molecule has 0 aliphatic carbocycles. The van der Waals surface area contributed by atoms with E-state index in [0.29, 0.717) is 18.7 Å². The Kier molecular flexibility index (Phi) is 4.44. The number of piperazine rings is 1. The van der Waals surface area contributed by atoms with E-state index in [-0.39, 0.29) is 6.04 Å². The van der Waals surface area contributed by atoms with Gasteiger partial charge < -0.3 is 10.1 Å². The number of ether oxygens (including phenoxy) is 1. The highest BCUT2D eigenvalue weighted by molar-refractivity contribution is 5.88. The number of nitrogens with zero attached hydrogens (tertiary/aromatic N) is 3. The quantitative estimate of drug-likeness (QED) is 0.780. The molecule has 0 saturated carbocycles. The molecule has 19 heavy (non-hydrogen) atoms. The summed E-state index contributed by atoms with van der Waals surface area (Å²) >= 11 is 0. The van der Waals surface area contributed by atoms with E-state index in [4.69, 9.17) is 5.26 Å². The van der Waals surface area contributed by atoms with Gasteiger partial charge in [-0.15, -0.1) is 0 Å². The van der Waals surface area contributed by atoms with Crippen molar-refractivity contribution in [1.82, 2.24) is 15.2 Å². The molecule has 0 bridgehead atoms. The molecule has 1 saturated heterocycles. The highest BCUT2D eigenvalue weighted by Gasteiger charge is 2.22. The van der Waals surface area contributed by atoms with E-state index in [1.165, 1.54) is 13.3 Å². The minimum absolute atomic E-state index is 0.129. The molecule has 100 valence electrons. The number of esters is 1. The SMILES string of the molecule is COC(=O)c1ccc(CN2CCNCC2C#N)nc1. The number of aromatic nitrogens is 1. The lowest BCUT2D eigenvalue weighted by atomic mass is 10.2. The van der Waals surface area contributed by atoms with Crippen molar-refractivity contribution in [3.05, 3.63) is 29.6 Å². The number of carbonyl (C=O) groups excluding carboxylic acids is 1. The van der Waals surface area contributed by atoms with Crippen LogP contribution in [0.3, 0.4) is 0 Å². The Morgan fingerprint density at radius 1 is 1.68 bits per heavy atom. The molecule has 0 amide bonds. The average Bonchev–Trinajstić information content (AvgIpc) is 2.48. The molecular weight excluding hydrogens is 244 g/mol. The standard InChI is InChI=1S/C13H16N4O2/c1-19-13(18)10-2-3-11(16-7-10)9-17-5-4-15-8-12(17)6-14/h2-3,7,12,15H,4-5,8-9H2,1H3. The van der Waals surface area contributed by atoms with Crippen LogP contribution in [0, 0.1) is 11.3 Å². The Morgan fingerprint density at radius 2 is 2.53 bits per heavy atom. The van der Waals surface area contributed by atoms with Crippen molar-refractivity contribution in [2.75, 3.05) is 26.7 Å². The van der Waals surface area contributed by atoms with Crippen molar-refractivity contribution in [1.29, 1.82) is 5.26 Å². The summed E-state index contributed by atoms with van der Waals surface area (Å²) in [6, 6.07) is 5.63. The van der Waals surface area contributed by atoms with E-state index >= 15 is 0 Å². The van der Waals surface area contributed by atoms with E-state index in [9.17, 15) is 4.79 Å². The first-order valence-electron chi connectivity index (χ1n) is 6.12. The molecule has 1 N–H and O–H groups in total. The maximum atomic E-state index is 11.3. The first-order chi connectivity index (χ1) is 9.24. The molecule has 6 nitrogen and oxygen atoms in total. The number of rotatable bonds is 3. The minimum Gasteiger partial charge on any atom is -0.465 e. The Bertz CT molecular complexity index is 480. The zero-order chi connectivity index (χ0) is 13.7. The van der Waals surface area contributed by atoms with Gasteiger partial charge in [-0.1, -0.05) is 0 Å². The summed E-state index contributed by atoms with van der Waals surface area (Å²) in [5.74, 6) is -0.392. The van der Waals surface area contributed by atoms with Crippen LogP contribution in [0.25, 0.3) is 0 Å². The summed E-state index contributed by atoms with van der Waals surface area (Å²) < 4.78 is 4.62. The summed E-state index contributed by atoms with van der Waals surface area (Å²) in [5.41, 5.74) is 1.28. The number of carbonyl (C=O) groups is 1. The fourth-order valence-corrected chi connectivity index (χ4v) is 2.03. The Morgan fingerprint density at radius 3 is 3.16 bits per heavy atom. The lowest BCUT2D eigenvalue weighted by Crippen LogP contribution is -2.50. The lowest BCUT2D eigenvalue weighted by Gasteiger charge is -2.31. The highest BCUT2D eigenvalue weighted by atomic mass is 16.5. The second-order valence-corrected chi connectivity index (χ2v) is 4.35. The van der Waals surface area contributed by atoms with Gasteiger partial charge in [0.2, 0.25) is 0 Å². The van der Waals surface area contributed by atoms with Crippen LogP contribution in [0.2, 0.25) is 0 Å². The topological polar surface area (TPSA) is 78.2 Å². The third kappa shape index (κ3) is 3.28. The van der Waals surface area contributed by atoms with E-state index in [2.05, 4.69) is 26.0 Å². The van der Waals surface area contributed by atoms with Gasteiger partial charge in [0.05, 0.1) is 24.4 Å². The molecule has 1 fully saturated rings. The summed E-state index contributed by atoms with van der Waals surface area (Å²) in [7, 11) is 1.34. The zero-order valence-electron chi connectivity index (χ0n) is 10.8. The number of hydrogen-bond donors (Lipinski definition) is 1. The predicted molar refractivity (Wildman–Crippen MR) is 68.3 cm³/mol. The monoisotopic (exact) mass is 260 g/mol.